The van der Waals surface area contributed by atoms with Gasteiger partial charge in [-0.05, 0) is 26.0 Å². The van der Waals surface area contributed by atoms with Crippen LogP contribution in [0, 0.1) is 22.7 Å². The Balaban J connectivity index is 5.33. The molecule has 0 aromatic heterocycles. The Morgan fingerprint density at radius 2 is 1.25 bits per heavy atom. The van der Waals surface area contributed by atoms with Gasteiger partial charge in [0.2, 0.25) is 0 Å². The topological polar surface area (TPSA) is 147 Å². The summed E-state index contributed by atoms with van der Waals surface area (Å²) in [6, 6.07) is 3.47. The van der Waals surface area contributed by atoms with Gasteiger partial charge in [0, 0.05) is 12.2 Å². The van der Waals surface area contributed by atoms with Gasteiger partial charge in [-0.15, -0.1) is 0 Å². The molecule has 0 rings (SSSR count). The molecule has 0 heterocycles. The van der Waals surface area contributed by atoms with Crippen LogP contribution in [-0.4, -0.2) is 33.2 Å². The fourth-order valence-corrected chi connectivity index (χ4v) is 0.861. The molecule has 0 radical (unpaired) electrons. The molecule has 8 heteroatoms. The van der Waals surface area contributed by atoms with Crippen LogP contribution in [0.5, 0.6) is 0 Å². The van der Waals surface area contributed by atoms with Gasteiger partial charge in [-0.1, -0.05) is 0 Å². The third-order valence-corrected chi connectivity index (χ3v) is 2.02. The van der Waals surface area contributed by atoms with Crippen LogP contribution < -0.4 is 0 Å². The summed E-state index contributed by atoms with van der Waals surface area (Å²) in [4.78, 5) is 20.8. The first-order valence-electron chi connectivity index (χ1n) is 5.27. The smallest absolute Gasteiger partial charge is 0.328 e. The Morgan fingerprint density at radius 3 is 1.45 bits per heavy atom. The van der Waals surface area contributed by atoms with E-state index in [9.17, 15) is 9.59 Å². The molecule has 8 nitrogen and oxygen atoms in total. The lowest BCUT2D eigenvalue weighted by molar-refractivity contribution is -0.132. The molecule has 0 aromatic rings. The Bertz CT molecular complexity index is 517. The number of rotatable bonds is 6. The van der Waals surface area contributed by atoms with Crippen LogP contribution >= 0.6 is 0 Å². The van der Waals surface area contributed by atoms with Crippen LogP contribution in [0.1, 0.15) is 13.8 Å². The van der Waals surface area contributed by atoms with E-state index < -0.39 is 23.0 Å². The lowest BCUT2D eigenvalue weighted by Crippen LogP contribution is -2.20. The fourth-order valence-electron chi connectivity index (χ4n) is 0.861. The van der Waals surface area contributed by atoms with E-state index >= 15 is 0 Å². The largest absolute Gasteiger partial charge is 0.478 e. The van der Waals surface area contributed by atoms with Gasteiger partial charge in [0.25, 0.3) is 0 Å². The van der Waals surface area contributed by atoms with Crippen LogP contribution in [0.15, 0.2) is 34.5 Å². The van der Waals surface area contributed by atoms with Gasteiger partial charge in [-0.25, -0.2) is 9.59 Å². The van der Waals surface area contributed by atoms with Crippen molar-refractivity contribution >= 4 is 11.9 Å². The zero-order valence-corrected chi connectivity index (χ0v) is 10.8. The minimum absolute atomic E-state index is 0.735. The van der Waals surface area contributed by atoms with Crippen LogP contribution in [0.25, 0.3) is 0 Å². The number of nitriles is 2. The first-order chi connectivity index (χ1) is 9.16. The molecule has 2 N–H and O–H groups in total. The van der Waals surface area contributed by atoms with Gasteiger partial charge in [0.05, 0.1) is 12.1 Å². The number of azo groups is 1. The molecule has 2 unspecified atom stereocenters. The Morgan fingerprint density at radius 1 is 0.950 bits per heavy atom. The highest BCUT2D eigenvalue weighted by Gasteiger charge is 2.24. The third kappa shape index (κ3) is 6.07. The lowest BCUT2D eigenvalue weighted by Gasteiger charge is -2.13. The third-order valence-electron chi connectivity index (χ3n) is 2.02. The molecule has 104 valence electrons. The SMILES string of the molecule is CC(C#N)(C=CC(=O)O)N=NC(C)(C#N)C=CC(=O)O. The predicted octanol–water partition coefficient (Wildman–Crippen LogP) is 1.28. The standard InChI is InChI=1S/C12H12N4O4/c1-11(7-13,5-3-9(17)18)15-16-12(2,8-14)6-4-10(19)20/h3-6H,1-2H3,(H,17,18)(H,19,20). The molecule has 0 aromatic carbocycles. The normalized spacial score (nSPS) is 17.4. The number of nitrogens with zero attached hydrogens (tertiary/aromatic N) is 4. The predicted molar refractivity (Wildman–Crippen MR) is 66.4 cm³/mol. The van der Waals surface area contributed by atoms with Gasteiger partial charge >= 0.3 is 11.9 Å². The van der Waals surface area contributed by atoms with Crippen LogP contribution in [-0.2, 0) is 9.59 Å². The summed E-state index contributed by atoms with van der Waals surface area (Å²) >= 11 is 0. The first-order valence-corrected chi connectivity index (χ1v) is 5.27. The molecular weight excluding hydrogens is 264 g/mol. The number of hydrogen-bond acceptors (Lipinski definition) is 6. The van der Waals surface area contributed by atoms with E-state index in [1.165, 1.54) is 13.8 Å². The molecule has 0 amide bonds. The molecule has 0 spiro atoms. The van der Waals surface area contributed by atoms with E-state index in [-0.39, 0.29) is 0 Å². The molecule has 0 saturated heterocycles. The van der Waals surface area contributed by atoms with E-state index in [2.05, 4.69) is 10.2 Å². The lowest BCUT2D eigenvalue weighted by atomic mass is 10.0. The summed E-state index contributed by atoms with van der Waals surface area (Å²) < 4.78 is 0. The van der Waals surface area contributed by atoms with E-state index in [1.54, 1.807) is 12.1 Å². The number of carbonyl (C=O) groups is 2. The van der Waals surface area contributed by atoms with Crippen molar-refractivity contribution in [3.63, 3.8) is 0 Å². The molecule has 0 aliphatic carbocycles. The van der Waals surface area contributed by atoms with Crippen molar-refractivity contribution in [3.05, 3.63) is 24.3 Å². The molecule has 0 bridgehead atoms. The van der Waals surface area contributed by atoms with E-state index in [0.717, 1.165) is 24.3 Å². The number of carboxylic acids is 2. The highest BCUT2D eigenvalue weighted by molar-refractivity contribution is 5.80. The second-order valence-corrected chi connectivity index (χ2v) is 4.06. The molecule has 0 aliphatic heterocycles. The molecular formula is C12H12N4O4. The van der Waals surface area contributed by atoms with Crippen molar-refractivity contribution in [2.45, 2.75) is 24.9 Å². The second-order valence-electron chi connectivity index (χ2n) is 4.06. The van der Waals surface area contributed by atoms with Gasteiger partial charge in [-0.2, -0.15) is 20.8 Å². The minimum atomic E-state index is -1.56. The quantitative estimate of drug-likeness (QED) is 0.551. The van der Waals surface area contributed by atoms with Gasteiger partial charge in [0.1, 0.15) is 0 Å². The Hall–Kier alpha value is -3.00. The molecule has 20 heavy (non-hydrogen) atoms. The average Bonchev–Trinajstić information content (AvgIpc) is 2.41. The molecule has 0 fully saturated rings. The van der Waals surface area contributed by atoms with E-state index in [4.69, 9.17) is 20.7 Å². The van der Waals surface area contributed by atoms with Crippen molar-refractivity contribution in [2.24, 2.45) is 10.2 Å². The monoisotopic (exact) mass is 276 g/mol. The number of hydrogen-bond donors (Lipinski definition) is 2. The zero-order valence-electron chi connectivity index (χ0n) is 10.8. The van der Waals surface area contributed by atoms with Gasteiger partial charge in [0.15, 0.2) is 11.1 Å². The molecule has 0 aliphatic rings. The van der Waals surface area contributed by atoms with E-state index in [0.29, 0.717) is 0 Å². The van der Waals surface area contributed by atoms with Crippen LogP contribution in [0.2, 0.25) is 0 Å². The summed E-state index contributed by atoms with van der Waals surface area (Å²) in [5, 5.41) is 42.1. The van der Waals surface area contributed by atoms with Crippen molar-refractivity contribution < 1.29 is 19.8 Å². The second kappa shape index (κ2) is 6.81. The Kier molecular flexibility index (Phi) is 5.78. The first kappa shape index (κ1) is 17.0. The maximum atomic E-state index is 10.4. The maximum Gasteiger partial charge on any atom is 0.328 e. The summed E-state index contributed by atoms with van der Waals surface area (Å²) in [5.74, 6) is -2.51. The highest BCUT2D eigenvalue weighted by Crippen LogP contribution is 2.18. The summed E-state index contributed by atoms with van der Waals surface area (Å²) in [7, 11) is 0. The van der Waals surface area contributed by atoms with Crippen LogP contribution in [0.3, 0.4) is 0 Å². The zero-order chi connectivity index (χ0) is 15.8. The van der Waals surface area contributed by atoms with Crippen molar-refractivity contribution in [2.75, 3.05) is 0 Å². The number of carboxylic acid groups (broad SMARTS) is 2. The summed E-state index contributed by atoms with van der Waals surface area (Å²) in [5.41, 5.74) is -3.12. The minimum Gasteiger partial charge on any atom is -0.478 e. The van der Waals surface area contributed by atoms with Gasteiger partial charge < -0.3 is 10.2 Å². The summed E-state index contributed by atoms with van der Waals surface area (Å²) in [6.07, 6.45) is 3.49. The Labute approximate surface area is 115 Å². The fraction of sp³-hybridized carbons (Fsp3) is 0.333. The van der Waals surface area contributed by atoms with Crippen molar-refractivity contribution in [1.29, 1.82) is 10.5 Å². The maximum absolute atomic E-state index is 10.4. The molecule has 0 saturated carbocycles. The van der Waals surface area contributed by atoms with Gasteiger partial charge in [-0.3, -0.25) is 0 Å². The van der Waals surface area contributed by atoms with Crippen LogP contribution in [0.4, 0.5) is 0 Å². The average molecular weight is 276 g/mol. The van der Waals surface area contributed by atoms with Crippen molar-refractivity contribution in [3.8, 4) is 12.1 Å². The highest BCUT2D eigenvalue weighted by atomic mass is 16.4. The van der Waals surface area contributed by atoms with Crippen molar-refractivity contribution in [1.82, 2.24) is 0 Å². The summed E-state index contributed by atoms with van der Waals surface area (Å²) in [6.45, 7) is 2.60. The molecule has 2 atom stereocenters. The van der Waals surface area contributed by atoms with E-state index in [1.807, 2.05) is 0 Å². The number of aliphatic carboxylic acids is 2.